The van der Waals surface area contributed by atoms with Crippen LogP contribution >= 0.6 is 0 Å². The molecule has 7 heteroatoms. The Morgan fingerprint density at radius 3 is 2.50 bits per heavy atom. The number of rotatable bonds is 8. The van der Waals surface area contributed by atoms with Gasteiger partial charge in [-0.3, -0.25) is 0 Å². The first kappa shape index (κ1) is 22.4. The van der Waals surface area contributed by atoms with E-state index in [1.54, 1.807) is 18.7 Å². The minimum absolute atomic E-state index is 0.186. The normalized spacial score (nSPS) is 23.6. The van der Waals surface area contributed by atoms with Gasteiger partial charge in [0.1, 0.15) is 5.60 Å². The number of hydrogen-bond donors (Lipinski definition) is 2. The van der Waals surface area contributed by atoms with Crippen molar-refractivity contribution >= 4 is 11.8 Å². The summed E-state index contributed by atoms with van der Waals surface area (Å²) in [4.78, 5) is 16.8. The standard InChI is InChI=1S/C23H34N4O3/c1-23(2,16-28)30-22(29)26(3)21-18-7-8-19(21)15-27(14-18)12-4-11-25-20-9-5-17(13-24)6-10-20/h5-6,9-10,18-19,21,25,28H,4,7-8,11-12,14-16H2,1-3H3. The molecule has 164 valence electrons. The Labute approximate surface area is 179 Å². The molecular formula is C23H34N4O3. The lowest BCUT2D eigenvalue weighted by atomic mass is 9.91. The van der Waals surface area contributed by atoms with Crippen LogP contribution in [0.5, 0.6) is 0 Å². The highest BCUT2D eigenvalue weighted by Crippen LogP contribution is 2.40. The van der Waals surface area contributed by atoms with Crippen LogP contribution in [0.2, 0.25) is 0 Å². The molecule has 0 spiro atoms. The van der Waals surface area contributed by atoms with E-state index in [0.717, 1.165) is 51.1 Å². The van der Waals surface area contributed by atoms with E-state index in [-0.39, 0.29) is 18.7 Å². The topological polar surface area (TPSA) is 88.8 Å². The Balaban J connectivity index is 1.44. The number of nitrogens with zero attached hydrogens (tertiary/aromatic N) is 3. The molecule has 1 aromatic rings. The van der Waals surface area contributed by atoms with Crippen LogP contribution in [0.1, 0.15) is 38.7 Å². The number of carbonyl (C=O) groups excluding carboxylic acids is 1. The summed E-state index contributed by atoms with van der Waals surface area (Å²) in [5.41, 5.74) is 0.860. The first-order valence-corrected chi connectivity index (χ1v) is 10.9. The number of piperidine rings is 1. The molecule has 2 fully saturated rings. The fourth-order valence-corrected chi connectivity index (χ4v) is 4.77. The SMILES string of the molecule is CN(C(=O)OC(C)(C)CO)C1C2CCC1CN(CCCNc1ccc(C#N)cc1)C2. The maximum absolute atomic E-state index is 12.6. The molecule has 2 atom stereocenters. The van der Waals surface area contributed by atoms with Gasteiger partial charge in [0, 0.05) is 38.4 Å². The van der Waals surface area contributed by atoms with Crippen molar-refractivity contribution in [3.05, 3.63) is 29.8 Å². The first-order chi connectivity index (χ1) is 14.3. The maximum atomic E-state index is 12.6. The Morgan fingerprint density at radius 1 is 1.30 bits per heavy atom. The van der Waals surface area contributed by atoms with E-state index in [1.807, 2.05) is 31.3 Å². The number of hydrogen-bond acceptors (Lipinski definition) is 6. The van der Waals surface area contributed by atoms with Gasteiger partial charge in [0.05, 0.1) is 18.2 Å². The number of nitriles is 1. The molecule has 2 bridgehead atoms. The molecular weight excluding hydrogens is 380 g/mol. The third-order valence-electron chi connectivity index (χ3n) is 6.33. The van der Waals surface area contributed by atoms with Crippen LogP contribution in [0.4, 0.5) is 10.5 Å². The van der Waals surface area contributed by atoms with E-state index >= 15 is 0 Å². The number of aliphatic hydroxyl groups excluding tert-OH is 1. The fourth-order valence-electron chi connectivity index (χ4n) is 4.77. The summed E-state index contributed by atoms with van der Waals surface area (Å²) in [6.07, 6.45) is 3.01. The van der Waals surface area contributed by atoms with Crippen LogP contribution in [0.25, 0.3) is 0 Å². The van der Waals surface area contributed by atoms with Gasteiger partial charge in [-0.1, -0.05) is 0 Å². The molecule has 2 unspecified atom stereocenters. The Kier molecular flexibility index (Phi) is 7.22. The Bertz CT molecular complexity index is 745. The third-order valence-corrected chi connectivity index (χ3v) is 6.33. The summed E-state index contributed by atoms with van der Waals surface area (Å²) in [6.45, 7) is 7.22. The predicted molar refractivity (Wildman–Crippen MR) is 116 cm³/mol. The van der Waals surface area contributed by atoms with E-state index in [4.69, 9.17) is 10.00 Å². The number of fused-ring (bicyclic) bond motifs is 2. The van der Waals surface area contributed by atoms with E-state index < -0.39 is 5.60 Å². The largest absolute Gasteiger partial charge is 0.441 e. The highest BCUT2D eigenvalue weighted by molar-refractivity contribution is 5.68. The number of benzene rings is 1. The number of amides is 1. The Hall–Kier alpha value is -2.30. The summed E-state index contributed by atoms with van der Waals surface area (Å²) >= 11 is 0. The smallest absolute Gasteiger partial charge is 0.410 e. The summed E-state index contributed by atoms with van der Waals surface area (Å²) in [5.74, 6) is 0.954. The van der Waals surface area contributed by atoms with Crippen molar-refractivity contribution in [3.8, 4) is 6.07 Å². The molecule has 1 amide bonds. The highest BCUT2D eigenvalue weighted by Gasteiger charge is 2.45. The van der Waals surface area contributed by atoms with Crippen molar-refractivity contribution in [2.24, 2.45) is 11.8 Å². The van der Waals surface area contributed by atoms with Crippen LogP contribution in [0, 0.1) is 23.2 Å². The van der Waals surface area contributed by atoms with Gasteiger partial charge in [-0.15, -0.1) is 0 Å². The molecule has 1 saturated carbocycles. The second-order valence-electron chi connectivity index (χ2n) is 9.21. The van der Waals surface area contributed by atoms with Gasteiger partial charge in [0.15, 0.2) is 0 Å². The Morgan fingerprint density at radius 2 is 1.93 bits per heavy atom. The second kappa shape index (κ2) is 9.67. The van der Waals surface area contributed by atoms with E-state index in [2.05, 4.69) is 16.3 Å². The lowest BCUT2D eigenvalue weighted by Gasteiger charge is -2.42. The molecule has 1 aliphatic heterocycles. The summed E-state index contributed by atoms with van der Waals surface area (Å²) in [6, 6.07) is 9.89. The van der Waals surface area contributed by atoms with Gasteiger partial charge in [-0.05, 0) is 75.8 Å². The second-order valence-corrected chi connectivity index (χ2v) is 9.21. The van der Waals surface area contributed by atoms with Crippen molar-refractivity contribution in [2.75, 3.05) is 45.2 Å². The molecule has 3 rings (SSSR count). The van der Waals surface area contributed by atoms with Gasteiger partial charge in [0.2, 0.25) is 0 Å². The molecule has 1 heterocycles. The molecule has 1 aromatic carbocycles. The lowest BCUT2D eigenvalue weighted by Crippen LogP contribution is -2.54. The zero-order chi connectivity index (χ0) is 21.7. The minimum Gasteiger partial charge on any atom is -0.441 e. The zero-order valence-electron chi connectivity index (χ0n) is 18.3. The van der Waals surface area contributed by atoms with Gasteiger partial charge in [0.25, 0.3) is 0 Å². The predicted octanol–water partition coefficient (Wildman–Crippen LogP) is 2.91. The molecule has 1 saturated heterocycles. The van der Waals surface area contributed by atoms with Crippen molar-refractivity contribution < 1.29 is 14.6 Å². The minimum atomic E-state index is -0.854. The molecule has 0 radical (unpaired) electrons. The molecule has 1 aliphatic carbocycles. The van der Waals surface area contributed by atoms with Crippen molar-refractivity contribution in [1.29, 1.82) is 5.26 Å². The highest BCUT2D eigenvalue weighted by atomic mass is 16.6. The first-order valence-electron chi connectivity index (χ1n) is 10.9. The summed E-state index contributed by atoms with van der Waals surface area (Å²) in [7, 11) is 1.84. The van der Waals surface area contributed by atoms with E-state index in [0.29, 0.717) is 17.4 Å². The maximum Gasteiger partial charge on any atom is 0.410 e. The molecule has 7 nitrogen and oxygen atoms in total. The number of ether oxygens (including phenoxy) is 1. The monoisotopic (exact) mass is 414 g/mol. The quantitative estimate of drug-likeness (QED) is 0.636. The zero-order valence-corrected chi connectivity index (χ0v) is 18.3. The fraction of sp³-hybridized carbons (Fsp3) is 0.652. The van der Waals surface area contributed by atoms with Crippen LogP contribution in [0.3, 0.4) is 0 Å². The van der Waals surface area contributed by atoms with Gasteiger partial charge < -0.3 is 25.0 Å². The summed E-state index contributed by atoms with van der Waals surface area (Å²) in [5, 5.41) is 21.6. The van der Waals surface area contributed by atoms with Gasteiger partial charge in [-0.2, -0.15) is 5.26 Å². The number of aliphatic hydroxyl groups is 1. The van der Waals surface area contributed by atoms with Gasteiger partial charge in [-0.25, -0.2) is 4.79 Å². The van der Waals surface area contributed by atoms with Crippen LogP contribution < -0.4 is 5.32 Å². The average molecular weight is 415 g/mol. The number of likely N-dealkylation sites (tertiary alicyclic amines) is 1. The molecule has 30 heavy (non-hydrogen) atoms. The number of anilines is 1. The van der Waals surface area contributed by atoms with E-state index in [1.165, 1.54) is 0 Å². The number of carbonyl (C=O) groups is 1. The molecule has 2 N–H and O–H groups in total. The summed E-state index contributed by atoms with van der Waals surface area (Å²) < 4.78 is 5.49. The van der Waals surface area contributed by atoms with Crippen molar-refractivity contribution in [3.63, 3.8) is 0 Å². The number of nitrogens with one attached hydrogen (secondary N) is 1. The van der Waals surface area contributed by atoms with Crippen LogP contribution in [0.15, 0.2) is 24.3 Å². The average Bonchev–Trinajstić information content (AvgIpc) is 3.00. The lowest BCUT2D eigenvalue weighted by molar-refractivity contribution is -0.0325. The van der Waals surface area contributed by atoms with Gasteiger partial charge >= 0.3 is 6.09 Å². The van der Waals surface area contributed by atoms with E-state index in [9.17, 15) is 9.90 Å². The van der Waals surface area contributed by atoms with Crippen LogP contribution in [-0.2, 0) is 4.74 Å². The van der Waals surface area contributed by atoms with Crippen LogP contribution in [-0.4, -0.2) is 72.5 Å². The van der Waals surface area contributed by atoms with Crippen molar-refractivity contribution in [2.45, 2.75) is 44.8 Å². The molecule has 0 aromatic heterocycles. The molecule has 2 aliphatic rings. The third kappa shape index (κ3) is 5.44. The van der Waals surface area contributed by atoms with Crippen molar-refractivity contribution in [1.82, 2.24) is 9.80 Å².